The normalized spacial score (nSPS) is 32.2. The van der Waals surface area contributed by atoms with Gasteiger partial charge in [-0.15, -0.1) is 0 Å². The van der Waals surface area contributed by atoms with Crippen molar-refractivity contribution >= 4 is 9.84 Å². The molecule has 1 fully saturated rings. The van der Waals surface area contributed by atoms with Gasteiger partial charge >= 0.3 is 0 Å². The number of rotatable bonds is 3. The van der Waals surface area contributed by atoms with E-state index in [0.29, 0.717) is 12.0 Å². The van der Waals surface area contributed by atoms with Crippen LogP contribution < -0.4 is 5.32 Å². The summed E-state index contributed by atoms with van der Waals surface area (Å²) in [5.74, 6) is 0.845. The van der Waals surface area contributed by atoms with Gasteiger partial charge in [0.15, 0.2) is 9.84 Å². The largest absolute Gasteiger partial charge is 0.307 e. The van der Waals surface area contributed by atoms with E-state index >= 15 is 0 Å². The number of benzene rings is 1. The minimum absolute atomic E-state index is 0.00783. The summed E-state index contributed by atoms with van der Waals surface area (Å²) in [6, 6.07) is 9.13. The van der Waals surface area contributed by atoms with Crippen LogP contribution in [0.25, 0.3) is 0 Å². The first-order valence-corrected chi connectivity index (χ1v) is 8.47. The predicted octanol–water partition coefficient (Wildman–Crippen LogP) is 2.14. The van der Waals surface area contributed by atoms with Crippen molar-refractivity contribution in [2.45, 2.75) is 37.8 Å². The summed E-state index contributed by atoms with van der Waals surface area (Å²) in [7, 11) is -2.94. The summed E-state index contributed by atoms with van der Waals surface area (Å²) >= 11 is 0. The van der Waals surface area contributed by atoms with Crippen LogP contribution in [0.3, 0.4) is 0 Å². The highest BCUT2D eigenvalue weighted by Crippen LogP contribution is 2.37. The summed E-state index contributed by atoms with van der Waals surface area (Å²) in [5, 5.41) is 4.75. The van der Waals surface area contributed by atoms with Crippen molar-refractivity contribution in [3.63, 3.8) is 0 Å². The fraction of sp³-hybridized carbons (Fsp3) is 0.467. The van der Waals surface area contributed by atoms with Crippen LogP contribution in [-0.4, -0.2) is 26.3 Å². The smallest absolute Gasteiger partial charge is 0.173 e. The molecule has 1 saturated carbocycles. The van der Waals surface area contributed by atoms with E-state index in [0.717, 1.165) is 12.8 Å². The van der Waals surface area contributed by atoms with Gasteiger partial charge in [-0.1, -0.05) is 35.9 Å². The lowest BCUT2D eigenvalue weighted by Crippen LogP contribution is -2.45. The Morgan fingerprint density at radius 1 is 1.26 bits per heavy atom. The number of sulfone groups is 1. The van der Waals surface area contributed by atoms with Gasteiger partial charge in [0, 0.05) is 17.5 Å². The average molecular weight is 277 g/mol. The van der Waals surface area contributed by atoms with Crippen molar-refractivity contribution in [3.8, 4) is 0 Å². The van der Waals surface area contributed by atoms with Gasteiger partial charge in [0.1, 0.15) is 0 Å². The standard InChI is InChI=1S/C15H19NO2S/c1-11-3-2-4-12(7-11)13-8-15(9-13)16-14-5-6-19(17,18)10-14/h2-7,13-16H,8-10H2,1H3. The molecule has 1 unspecified atom stereocenters. The van der Waals surface area contributed by atoms with E-state index < -0.39 is 9.84 Å². The molecule has 3 rings (SSSR count). The summed E-state index contributed by atoms with van der Waals surface area (Å²) in [6.45, 7) is 2.12. The molecule has 0 bridgehead atoms. The third-order valence-corrected chi connectivity index (χ3v) is 5.43. The number of aryl methyl sites for hydroxylation is 1. The van der Waals surface area contributed by atoms with Gasteiger partial charge in [-0.25, -0.2) is 8.42 Å². The number of hydrogen-bond donors (Lipinski definition) is 1. The van der Waals surface area contributed by atoms with E-state index in [1.165, 1.54) is 16.5 Å². The maximum absolute atomic E-state index is 11.3. The number of hydrogen-bond acceptors (Lipinski definition) is 3. The molecule has 4 heteroatoms. The molecular formula is C15H19NO2S. The van der Waals surface area contributed by atoms with E-state index in [1.807, 2.05) is 0 Å². The molecule has 0 saturated heterocycles. The monoisotopic (exact) mass is 277 g/mol. The molecule has 1 atom stereocenters. The Balaban J connectivity index is 1.53. The van der Waals surface area contributed by atoms with Crippen LogP contribution in [-0.2, 0) is 9.84 Å². The summed E-state index contributed by atoms with van der Waals surface area (Å²) in [6.07, 6.45) is 3.98. The van der Waals surface area contributed by atoms with Crippen LogP contribution in [0, 0.1) is 6.92 Å². The van der Waals surface area contributed by atoms with E-state index in [-0.39, 0.29) is 11.8 Å². The summed E-state index contributed by atoms with van der Waals surface area (Å²) < 4.78 is 22.7. The fourth-order valence-electron chi connectivity index (χ4n) is 2.93. The van der Waals surface area contributed by atoms with E-state index in [1.54, 1.807) is 6.08 Å². The topological polar surface area (TPSA) is 46.2 Å². The Kier molecular flexibility index (Phi) is 3.23. The maximum Gasteiger partial charge on any atom is 0.173 e. The van der Waals surface area contributed by atoms with Crippen molar-refractivity contribution in [1.82, 2.24) is 5.32 Å². The van der Waals surface area contributed by atoms with Gasteiger partial charge in [-0.2, -0.15) is 0 Å². The Bertz CT molecular complexity index is 600. The molecular weight excluding hydrogens is 258 g/mol. The van der Waals surface area contributed by atoms with Crippen LogP contribution in [0.1, 0.15) is 29.9 Å². The lowest BCUT2D eigenvalue weighted by atomic mass is 9.75. The third-order valence-electron chi connectivity index (χ3n) is 4.03. The van der Waals surface area contributed by atoms with Gasteiger partial charge in [0.2, 0.25) is 0 Å². The zero-order valence-electron chi connectivity index (χ0n) is 11.0. The molecule has 0 spiro atoms. The van der Waals surface area contributed by atoms with Crippen LogP contribution in [0.4, 0.5) is 0 Å². The van der Waals surface area contributed by atoms with Crippen LogP contribution in [0.5, 0.6) is 0 Å². The second-order valence-electron chi connectivity index (χ2n) is 5.71. The van der Waals surface area contributed by atoms with Crippen molar-refractivity contribution in [2.75, 3.05) is 5.75 Å². The van der Waals surface area contributed by atoms with Crippen molar-refractivity contribution in [1.29, 1.82) is 0 Å². The Morgan fingerprint density at radius 2 is 2.05 bits per heavy atom. The second-order valence-corrected chi connectivity index (χ2v) is 7.64. The molecule has 1 aliphatic carbocycles. The molecule has 0 radical (unpaired) electrons. The molecule has 1 N–H and O–H groups in total. The first-order valence-electron chi connectivity index (χ1n) is 6.75. The molecule has 1 aromatic rings. The molecule has 1 aliphatic heterocycles. The third kappa shape index (κ3) is 2.90. The van der Waals surface area contributed by atoms with Crippen LogP contribution in [0.15, 0.2) is 35.7 Å². The summed E-state index contributed by atoms with van der Waals surface area (Å²) in [4.78, 5) is 0. The molecule has 1 heterocycles. The quantitative estimate of drug-likeness (QED) is 0.920. The lowest BCUT2D eigenvalue weighted by molar-refractivity contribution is 0.283. The van der Waals surface area contributed by atoms with Crippen molar-refractivity contribution in [3.05, 3.63) is 46.9 Å². The van der Waals surface area contributed by atoms with Crippen molar-refractivity contribution in [2.24, 2.45) is 0 Å². The molecule has 0 aromatic heterocycles. The highest BCUT2D eigenvalue weighted by atomic mass is 32.2. The number of nitrogens with one attached hydrogen (secondary N) is 1. The average Bonchev–Trinajstić information content (AvgIpc) is 2.63. The maximum atomic E-state index is 11.3. The minimum atomic E-state index is -2.94. The highest BCUT2D eigenvalue weighted by molar-refractivity contribution is 7.94. The second kappa shape index (κ2) is 4.76. The van der Waals surface area contributed by atoms with Crippen LogP contribution in [0.2, 0.25) is 0 Å². The molecule has 19 heavy (non-hydrogen) atoms. The Labute approximate surface area is 114 Å². The highest BCUT2D eigenvalue weighted by Gasteiger charge is 2.33. The lowest BCUT2D eigenvalue weighted by Gasteiger charge is -2.37. The van der Waals surface area contributed by atoms with Crippen LogP contribution >= 0.6 is 0 Å². The van der Waals surface area contributed by atoms with E-state index in [4.69, 9.17) is 0 Å². The van der Waals surface area contributed by atoms with E-state index in [9.17, 15) is 8.42 Å². The van der Waals surface area contributed by atoms with Gasteiger partial charge in [0.25, 0.3) is 0 Å². The van der Waals surface area contributed by atoms with Gasteiger partial charge in [0.05, 0.1) is 5.75 Å². The zero-order chi connectivity index (χ0) is 13.5. The molecule has 1 aromatic carbocycles. The zero-order valence-corrected chi connectivity index (χ0v) is 11.9. The first-order chi connectivity index (χ1) is 9.02. The minimum Gasteiger partial charge on any atom is -0.307 e. The predicted molar refractivity (Wildman–Crippen MR) is 76.8 cm³/mol. The molecule has 2 aliphatic rings. The SMILES string of the molecule is Cc1cccc(C2CC(NC3C=CS(=O)(=O)C3)C2)c1. The molecule has 0 amide bonds. The van der Waals surface area contributed by atoms with E-state index in [2.05, 4.69) is 36.5 Å². The Morgan fingerprint density at radius 3 is 2.68 bits per heavy atom. The first kappa shape index (κ1) is 12.9. The van der Waals surface area contributed by atoms with Gasteiger partial charge in [-0.05, 0) is 31.2 Å². The van der Waals surface area contributed by atoms with Gasteiger partial charge < -0.3 is 5.32 Å². The fourth-order valence-corrected chi connectivity index (χ4v) is 4.18. The molecule has 102 valence electrons. The summed E-state index contributed by atoms with van der Waals surface area (Å²) in [5.41, 5.74) is 2.71. The van der Waals surface area contributed by atoms with Crippen molar-refractivity contribution < 1.29 is 8.42 Å². The Hall–Kier alpha value is -1.13. The molecule has 3 nitrogen and oxygen atoms in total. The van der Waals surface area contributed by atoms with Gasteiger partial charge in [-0.3, -0.25) is 0 Å².